The van der Waals surface area contributed by atoms with Crippen LogP contribution >= 0.6 is 35.0 Å². The van der Waals surface area contributed by atoms with Crippen molar-refractivity contribution in [2.75, 3.05) is 4.72 Å². The molecule has 0 aliphatic heterocycles. The van der Waals surface area contributed by atoms with E-state index in [-0.39, 0.29) is 9.92 Å². The van der Waals surface area contributed by atoms with Crippen LogP contribution < -0.4 is 4.72 Å². The van der Waals surface area contributed by atoms with Crippen LogP contribution in [0.4, 0.5) is 5.69 Å². The van der Waals surface area contributed by atoms with E-state index in [9.17, 15) is 8.42 Å². The molecular formula is C19H15Cl2NO2S2. The average molecular weight is 424 g/mol. The number of benzene rings is 3. The van der Waals surface area contributed by atoms with Gasteiger partial charge in [-0.15, -0.1) is 11.8 Å². The maximum Gasteiger partial charge on any atom is 0.263 e. The summed E-state index contributed by atoms with van der Waals surface area (Å²) < 4.78 is 27.5. The van der Waals surface area contributed by atoms with Crippen LogP contribution in [0.5, 0.6) is 0 Å². The van der Waals surface area contributed by atoms with Crippen molar-refractivity contribution in [3.05, 3.63) is 88.4 Å². The minimum Gasteiger partial charge on any atom is -0.280 e. The van der Waals surface area contributed by atoms with E-state index < -0.39 is 10.0 Å². The molecule has 0 saturated carbocycles. The van der Waals surface area contributed by atoms with E-state index in [0.717, 1.165) is 11.3 Å². The third-order valence-corrected chi connectivity index (χ3v) is 6.72. The first-order chi connectivity index (χ1) is 12.4. The molecule has 26 heavy (non-hydrogen) atoms. The number of thioether (sulfide) groups is 1. The van der Waals surface area contributed by atoms with Crippen molar-refractivity contribution in [3.8, 4) is 0 Å². The third kappa shape index (κ3) is 4.95. The maximum absolute atomic E-state index is 12.5. The molecule has 0 saturated heterocycles. The highest BCUT2D eigenvalue weighted by atomic mass is 35.5. The van der Waals surface area contributed by atoms with Gasteiger partial charge in [-0.25, -0.2) is 8.42 Å². The predicted octanol–water partition coefficient (Wildman–Crippen LogP) is 6.09. The summed E-state index contributed by atoms with van der Waals surface area (Å²) in [7, 11) is -3.81. The van der Waals surface area contributed by atoms with E-state index in [1.165, 1.54) is 17.0 Å². The molecule has 0 heterocycles. The molecule has 0 spiro atoms. The molecule has 0 bridgehead atoms. The summed E-state index contributed by atoms with van der Waals surface area (Å²) in [5.41, 5.74) is 1.57. The quantitative estimate of drug-likeness (QED) is 0.488. The molecule has 134 valence electrons. The van der Waals surface area contributed by atoms with Gasteiger partial charge in [0.2, 0.25) is 0 Å². The Labute approximate surface area is 167 Å². The summed E-state index contributed by atoms with van der Waals surface area (Å²) in [5, 5.41) is 0.431. The monoisotopic (exact) mass is 423 g/mol. The number of sulfonamides is 1. The summed E-state index contributed by atoms with van der Waals surface area (Å²) in [6.07, 6.45) is 0. The zero-order valence-electron chi connectivity index (χ0n) is 13.5. The topological polar surface area (TPSA) is 46.2 Å². The van der Waals surface area contributed by atoms with Crippen LogP contribution in [-0.2, 0) is 15.8 Å². The zero-order valence-corrected chi connectivity index (χ0v) is 16.7. The molecular weight excluding hydrogens is 409 g/mol. The molecule has 0 radical (unpaired) electrons. The molecule has 0 unspecified atom stereocenters. The highest BCUT2D eigenvalue weighted by Gasteiger charge is 2.18. The first kappa shape index (κ1) is 19.1. The Morgan fingerprint density at radius 1 is 0.885 bits per heavy atom. The summed E-state index contributed by atoms with van der Waals surface area (Å²) in [4.78, 5) is 1.14. The van der Waals surface area contributed by atoms with Crippen molar-refractivity contribution in [3.63, 3.8) is 0 Å². The van der Waals surface area contributed by atoms with Gasteiger partial charge >= 0.3 is 0 Å². The van der Waals surface area contributed by atoms with Gasteiger partial charge in [0.1, 0.15) is 4.90 Å². The summed E-state index contributed by atoms with van der Waals surface area (Å²) in [5.74, 6) is 0.803. The van der Waals surface area contributed by atoms with Gasteiger partial charge in [-0.05, 0) is 48.0 Å². The fourth-order valence-corrected chi connectivity index (χ4v) is 4.94. The van der Waals surface area contributed by atoms with Gasteiger partial charge in [0, 0.05) is 21.4 Å². The Balaban J connectivity index is 1.69. The molecule has 0 aromatic heterocycles. The lowest BCUT2D eigenvalue weighted by Gasteiger charge is -2.10. The Bertz CT molecular complexity index is 992. The fourth-order valence-electron chi connectivity index (χ4n) is 2.25. The van der Waals surface area contributed by atoms with Gasteiger partial charge in [0.15, 0.2) is 0 Å². The van der Waals surface area contributed by atoms with Gasteiger partial charge in [-0.2, -0.15) is 0 Å². The van der Waals surface area contributed by atoms with E-state index in [4.69, 9.17) is 23.2 Å². The molecule has 0 aliphatic rings. The standard InChI is InChI=1S/C19H15Cl2NO2S2/c20-15-8-11-18(21)19(12-15)26(23,24)22-16-9-6-14(7-10-16)13-25-17-4-2-1-3-5-17/h1-12,22H,13H2. The first-order valence-electron chi connectivity index (χ1n) is 7.69. The smallest absolute Gasteiger partial charge is 0.263 e. The number of hydrogen-bond acceptors (Lipinski definition) is 3. The molecule has 3 nitrogen and oxygen atoms in total. The van der Waals surface area contributed by atoms with Crippen molar-refractivity contribution < 1.29 is 8.42 Å². The maximum atomic E-state index is 12.5. The molecule has 0 aliphatic carbocycles. The minimum absolute atomic E-state index is 0.0459. The van der Waals surface area contributed by atoms with Crippen LogP contribution in [-0.4, -0.2) is 8.42 Å². The Morgan fingerprint density at radius 3 is 2.27 bits per heavy atom. The number of anilines is 1. The van der Waals surface area contributed by atoms with Crippen LogP contribution in [0.25, 0.3) is 0 Å². The second-order valence-electron chi connectivity index (χ2n) is 5.48. The average Bonchev–Trinajstić information content (AvgIpc) is 2.64. The number of halogens is 2. The minimum atomic E-state index is -3.81. The molecule has 7 heteroatoms. The molecule has 0 amide bonds. The summed E-state index contributed by atoms with van der Waals surface area (Å²) in [6.45, 7) is 0. The largest absolute Gasteiger partial charge is 0.280 e. The summed E-state index contributed by atoms with van der Waals surface area (Å²) >= 11 is 13.6. The second kappa shape index (κ2) is 8.35. The summed E-state index contributed by atoms with van der Waals surface area (Å²) in [6, 6.07) is 21.7. The highest BCUT2D eigenvalue weighted by Crippen LogP contribution is 2.27. The molecule has 3 aromatic rings. The lowest BCUT2D eigenvalue weighted by atomic mass is 10.2. The van der Waals surface area contributed by atoms with E-state index in [0.29, 0.717) is 10.7 Å². The highest BCUT2D eigenvalue weighted by molar-refractivity contribution is 7.98. The predicted molar refractivity (Wildman–Crippen MR) is 110 cm³/mol. The third-order valence-electron chi connectivity index (χ3n) is 3.54. The van der Waals surface area contributed by atoms with E-state index >= 15 is 0 Å². The number of rotatable bonds is 6. The molecule has 1 N–H and O–H groups in total. The van der Waals surface area contributed by atoms with Crippen molar-refractivity contribution in [2.24, 2.45) is 0 Å². The van der Waals surface area contributed by atoms with E-state index in [1.54, 1.807) is 30.0 Å². The zero-order chi connectivity index (χ0) is 18.6. The van der Waals surface area contributed by atoms with Gasteiger partial charge < -0.3 is 0 Å². The van der Waals surface area contributed by atoms with Gasteiger partial charge in [0.05, 0.1) is 5.02 Å². The van der Waals surface area contributed by atoms with Crippen molar-refractivity contribution in [1.29, 1.82) is 0 Å². The van der Waals surface area contributed by atoms with Gasteiger partial charge in [0.25, 0.3) is 10.0 Å². The molecule has 0 fully saturated rings. The van der Waals surface area contributed by atoms with Crippen LogP contribution in [0, 0.1) is 0 Å². The Kier molecular flexibility index (Phi) is 6.14. The van der Waals surface area contributed by atoms with Crippen LogP contribution in [0.2, 0.25) is 10.0 Å². The normalized spacial score (nSPS) is 11.3. The molecule has 3 rings (SSSR count). The number of hydrogen-bond donors (Lipinski definition) is 1. The SMILES string of the molecule is O=S(=O)(Nc1ccc(CSc2ccccc2)cc1)c1cc(Cl)ccc1Cl. The van der Waals surface area contributed by atoms with Crippen molar-refractivity contribution >= 4 is 50.7 Å². The Morgan fingerprint density at radius 2 is 1.58 bits per heavy atom. The van der Waals surface area contributed by atoms with Gasteiger partial charge in [-0.1, -0.05) is 53.5 Å². The fraction of sp³-hybridized carbons (Fsp3) is 0.0526. The van der Waals surface area contributed by atoms with Gasteiger partial charge in [-0.3, -0.25) is 4.72 Å². The van der Waals surface area contributed by atoms with Crippen molar-refractivity contribution in [1.82, 2.24) is 0 Å². The van der Waals surface area contributed by atoms with Crippen LogP contribution in [0.3, 0.4) is 0 Å². The van der Waals surface area contributed by atoms with E-state index in [2.05, 4.69) is 16.9 Å². The lowest BCUT2D eigenvalue weighted by molar-refractivity contribution is 0.601. The van der Waals surface area contributed by atoms with E-state index in [1.807, 2.05) is 30.3 Å². The van der Waals surface area contributed by atoms with Crippen molar-refractivity contribution in [2.45, 2.75) is 15.5 Å². The first-order valence-corrected chi connectivity index (χ1v) is 10.9. The second-order valence-corrected chi connectivity index (χ2v) is 9.02. The molecule has 3 aromatic carbocycles. The number of nitrogens with one attached hydrogen (secondary N) is 1. The van der Waals surface area contributed by atoms with Crippen LogP contribution in [0.1, 0.15) is 5.56 Å². The lowest BCUT2D eigenvalue weighted by Crippen LogP contribution is -2.13. The Hall–Kier alpha value is -1.66. The molecule has 0 atom stereocenters. The van der Waals surface area contributed by atoms with Crippen LogP contribution in [0.15, 0.2) is 82.6 Å².